The highest BCUT2D eigenvalue weighted by Gasteiger charge is 2.19. The van der Waals surface area contributed by atoms with Gasteiger partial charge in [0.1, 0.15) is 0 Å². The van der Waals surface area contributed by atoms with E-state index in [9.17, 15) is 15.0 Å². The molecule has 2 unspecified atom stereocenters. The zero-order valence-electron chi connectivity index (χ0n) is 31.5. The van der Waals surface area contributed by atoms with Gasteiger partial charge in [-0.1, -0.05) is 192 Å². The lowest BCUT2D eigenvalue weighted by atomic mass is 10.0. The smallest absolute Gasteiger partial charge is 0.220 e. The quantitative estimate of drug-likeness (QED) is 0.0459. The average molecular weight is 660 g/mol. The number of rotatable bonds is 37. The van der Waals surface area contributed by atoms with Gasteiger partial charge in [-0.05, 0) is 51.4 Å². The Morgan fingerprint density at radius 2 is 0.872 bits per heavy atom. The van der Waals surface area contributed by atoms with Crippen LogP contribution in [0.5, 0.6) is 0 Å². The first-order valence-electron chi connectivity index (χ1n) is 20.7. The Labute approximate surface area is 293 Å². The second kappa shape index (κ2) is 39.1. The Kier molecular flexibility index (Phi) is 37.9. The molecule has 3 N–H and O–H groups in total. The summed E-state index contributed by atoms with van der Waals surface area (Å²) >= 11 is 0. The predicted molar refractivity (Wildman–Crippen MR) is 207 cm³/mol. The van der Waals surface area contributed by atoms with Crippen LogP contribution in [0.4, 0.5) is 0 Å². The summed E-state index contributed by atoms with van der Waals surface area (Å²) in [5.41, 5.74) is 0. The molecule has 276 valence electrons. The molecule has 4 nitrogen and oxygen atoms in total. The highest BCUT2D eigenvalue weighted by atomic mass is 16.3. The fraction of sp³-hybridized carbons (Fsp3) is 0.837. The maximum Gasteiger partial charge on any atom is 0.220 e. The van der Waals surface area contributed by atoms with E-state index in [2.05, 4.69) is 55.6 Å². The predicted octanol–water partition coefficient (Wildman–Crippen LogP) is 12.6. The van der Waals surface area contributed by atoms with Crippen LogP contribution in [0.1, 0.15) is 213 Å². The Morgan fingerprint density at radius 1 is 0.511 bits per heavy atom. The third-order valence-electron chi connectivity index (χ3n) is 9.40. The Balaban J connectivity index is 3.48. The molecule has 2 atom stereocenters. The van der Waals surface area contributed by atoms with E-state index in [0.717, 1.165) is 38.5 Å². The standard InChI is InChI=1S/C43H81NO3/c1-3-5-7-9-11-13-14-15-16-17-18-19-20-21-22-23-24-25-26-27-28-29-30-31-33-35-37-39-43(47)44-41(40-45)42(46)38-36-34-32-12-10-8-6-4-2/h14-15,17-18,20-21,41-42,45-46H,3-13,16,19,22-40H2,1-2H3,(H,44,47)/b15-14-,18-17-,21-20-. The molecule has 0 aliphatic rings. The van der Waals surface area contributed by atoms with E-state index < -0.39 is 12.1 Å². The van der Waals surface area contributed by atoms with Gasteiger partial charge >= 0.3 is 0 Å². The van der Waals surface area contributed by atoms with Crippen molar-refractivity contribution in [2.75, 3.05) is 6.61 Å². The van der Waals surface area contributed by atoms with Crippen LogP contribution in [0.3, 0.4) is 0 Å². The second-order valence-corrected chi connectivity index (χ2v) is 14.1. The van der Waals surface area contributed by atoms with Crippen molar-refractivity contribution in [3.8, 4) is 0 Å². The van der Waals surface area contributed by atoms with Crippen molar-refractivity contribution in [1.29, 1.82) is 0 Å². The van der Waals surface area contributed by atoms with Gasteiger partial charge in [0.15, 0.2) is 0 Å². The third kappa shape index (κ3) is 35.7. The normalized spacial score (nSPS) is 13.4. The monoisotopic (exact) mass is 660 g/mol. The molecule has 0 aliphatic carbocycles. The maximum atomic E-state index is 12.3. The number of carbonyl (C=O) groups is 1. The molecule has 0 aromatic rings. The van der Waals surface area contributed by atoms with Gasteiger partial charge in [0.2, 0.25) is 5.91 Å². The summed E-state index contributed by atoms with van der Waals surface area (Å²) in [6, 6.07) is -0.534. The van der Waals surface area contributed by atoms with Crippen LogP contribution in [0, 0.1) is 0 Å². The van der Waals surface area contributed by atoms with Crippen LogP contribution >= 0.6 is 0 Å². The van der Waals surface area contributed by atoms with Crippen molar-refractivity contribution in [2.24, 2.45) is 0 Å². The van der Waals surface area contributed by atoms with Crippen LogP contribution in [-0.2, 0) is 4.79 Å². The summed E-state index contributed by atoms with van der Waals surface area (Å²) in [5, 5.41) is 23.0. The topological polar surface area (TPSA) is 69.6 Å². The highest BCUT2D eigenvalue weighted by molar-refractivity contribution is 5.76. The highest BCUT2D eigenvalue weighted by Crippen LogP contribution is 2.15. The molecule has 0 fully saturated rings. The minimum Gasteiger partial charge on any atom is -0.394 e. The minimum absolute atomic E-state index is 0.0374. The average Bonchev–Trinajstić information content (AvgIpc) is 3.07. The van der Waals surface area contributed by atoms with Crippen molar-refractivity contribution < 1.29 is 15.0 Å². The molecular weight excluding hydrogens is 578 g/mol. The Morgan fingerprint density at radius 3 is 1.30 bits per heavy atom. The molecule has 0 heterocycles. The van der Waals surface area contributed by atoms with Gasteiger partial charge in [-0.15, -0.1) is 0 Å². The van der Waals surface area contributed by atoms with Crippen LogP contribution in [0.2, 0.25) is 0 Å². The summed E-state index contributed by atoms with van der Waals surface area (Å²) in [6.45, 7) is 4.31. The molecular formula is C43H81NO3. The molecule has 0 saturated carbocycles. The fourth-order valence-corrected chi connectivity index (χ4v) is 6.19. The molecule has 0 bridgehead atoms. The minimum atomic E-state index is -0.656. The van der Waals surface area contributed by atoms with Gasteiger partial charge in [0.25, 0.3) is 0 Å². The summed E-state index contributed by atoms with van der Waals surface area (Å²) in [6.07, 6.45) is 50.8. The lowest BCUT2D eigenvalue weighted by Gasteiger charge is -2.22. The van der Waals surface area contributed by atoms with Gasteiger partial charge in [-0.25, -0.2) is 0 Å². The summed E-state index contributed by atoms with van der Waals surface area (Å²) in [4.78, 5) is 12.3. The molecule has 4 heteroatoms. The molecule has 0 spiro atoms. The number of carbonyl (C=O) groups excluding carboxylic acids is 1. The third-order valence-corrected chi connectivity index (χ3v) is 9.40. The number of hydrogen-bond donors (Lipinski definition) is 3. The van der Waals surface area contributed by atoms with Gasteiger partial charge in [-0.3, -0.25) is 4.79 Å². The molecule has 0 aliphatic heterocycles. The van der Waals surface area contributed by atoms with E-state index in [1.54, 1.807) is 0 Å². The molecule has 0 radical (unpaired) electrons. The number of unbranched alkanes of at least 4 members (excludes halogenated alkanes) is 24. The van der Waals surface area contributed by atoms with Gasteiger partial charge in [0.05, 0.1) is 18.8 Å². The zero-order chi connectivity index (χ0) is 34.3. The van der Waals surface area contributed by atoms with E-state index in [0.29, 0.717) is 12.8 Å². The largest absolute Gasteiger partial charge is 0.394 e. The SMILES string of the molecule is CCCCCCC/C=C\C/C=C\C/C=C\CCCCCCCCCCCCCCC(=O)NC(CO)C(O)CCCCCCCCCC. The molecule has 0 aromatic carbocycles. The van der Waals surface area contributed by atoms with E-state index >= 15 is 0 Å². The summed E-state index contributed by atoms with van der Waals surface area (Å²) in [5.74, 6) is -0.0374. The number of allylic oxidation sites excluding steroid dienone is 6. The molecule has 0 saturated heterocycles. The maximum absolute atomic E-state index is 12.3. The molecule has 0 aromatic heterocycles. The van der Waals surface area contributed by atoms with Crippen molar-refractivity contribution in [3.05, 3.63) is 36.5 Å². The Bertz CT molecular complexity index is 716. The van der Waals surface area contributed by atoms with Gasteiger partial charge in [0, 0.05) is 6.42 Å². The number of hydrogen-bond acceptors (Lipinski definition) is 3. The Hall–Kier alpha value is -1.39. The van der Waals surface area contributed by atoms with Crippen molar-refractivity contribution in [3.63, 3.8) is 0 Å². The number of aliphatic hydroxyl groups excluding tert-OH is 2. The summed E-state index contributed by atoms with van der Waals surface area (Å²) < 4.78 is 0. The fourth-order valence-electron chi connectivity index (χ4n) is 6.19. The number of nitrogens with one attached hydrogen (secondary N) is 1. The van der Waals surface area contributed by atoms with Crippen molar-refractivity contribution in [1.82, 2.24) is 5.32 Å². The van der Waals surface area contributed by atoms with Gasteiger partial charge < -0.3 is 15.5 Å². The molecule has 1 amide bonds. The second-order valence-electron chi connectivity index (χ2n) is 14.1. The van der Waals surface area contributed by atoms with E-state index in [4.69, 9.17) is 0 Å². The number of aliphatic hydroxyl groups is 2. The first-order valence-corrected chi connectivity index (χ1v) is 20.7. The van der Waals surface area contributed by atoms with Crippen molar-refractivity contribution >= 4 is 5.91 Å². The van der Waals surface area contributed by atoms with Crippen LogP contribution in [-0.4, -0.2) is 34.9 Å². The lowest BCUT2D eigenvalue weighted by molar-refractivity contribution is -0.123. The first kappa shape index (κ1) is 45.6. The van der Waals surface area contributed by atoms with Crippen LogP contribution in [0.25, 0.3) is 0 Å². The summed E-state index contributed by atoms with van der Waals surface area (Å²) in [7, 11) is 0. The van der Waals surface area contributed by atoms with Crippen molar-refractivity contribution in [2.45, 2.75) is 225 Å². The number of amides is 1. The van der Waals surface area contributed by atoms with E-state index in [1.807, 2.05) is 0 Å². The van der Waals surface area contributed by atoms with E-state index in [-0.39, 0.29) is 12.5 Å². The van der Waals surface area contributed by atoms with E-state index in [1.165, 1.54) is 148 Å². The van der Waals surface area contributed by atoms with Crippen LogP contribution in [0.15, 0.2) is 36.5 Å². The first-order chi connectivity index (χ1) is 23.2. The zero-order valence-corrected chi connectivity index (χ0v) is 31.5. The van der Waals surface area contributed by atoms with Crippen LogP contribution < -0.4 is 5.32 Å². The lowest BCUT2D eigenvalue weighted by Crippen LogP contribution is -2.45. The molecule has 0 rings (SSSR count). The van der Waals surface area contributed by atoms with Gasteiger partial charge in [-0.2, -0.15) is 0 Å². The molecule has 47 heavy (non-hydrogen) atoms.